The summed E-state index contributed by atoms with van der Waals surface area (Å²) in [5.74, 6) is 0.643. The van der Waals surface area contributed by atoms with Crippen LogP contribution in [0.3, 0.4) is 0 Å². The van der Waals surface area contributed by atoms with E-state index < -0.39 is 0 Å². The predicted octanol–water partition coefficient (Wildman–Crippen LogP) is 3.42. The van der Waals surface area contributed by atoms with E-state index in [1.54, 1.807) is 0 Å². The van der Waals surface area contributed by atoms with Crippen LogP contribution in [0.1, 0.15) is 31.9 Å². The summed E-state index contributed by atoms with van der Waals surface area (Å²) in [7, 11) is 0. The zero-order valence-corrected chi connectivity index (χ0v) is 11.2. The van der Waals surface area contributed by atoms with E-state index in [2.05, 4.69) is 31.3 Å². The number of rotatable bonds is 4. The Kier molecular flexibility index (Phi) is 4.43. The van der Waals surface area contributed by atoms with E-state index in [9.17, 15) is 0 Å². The molecular formula is C14H20ClNO. The minimum absolute atomic E-state index is 0.350. The highest BCUT2D eigenvalue weighted by Crippen LogP contribution is 2.21. The molecular weight excluding hydrogens is 234 g/mol. The maximum absolute atomic E-state index is 5.89. The van der Waals surface area contributed by atoms with Gasteiger partial charge in [-0.2, -0.15) is 0 Å². The summed E-state index contributed by atoms with van der Waals surface area (Å²) < 4.78 is 5.42. The number of benzene rings is 1. The van der Waals surface area contributed by atoms with Gasteiger partial charge in [0.1, 0.15) is 0 Å². The molecule has 17 heavy (non-hydrogen) atoms. The minimum Gasteiger partial charge on any atom is -0.381 e. The Hall–Kier alpha value is -0.570. The monoisotopic (exact) mass is 253 g/mol. The fourth-order valence-corrected chi connectivity index (χ4v) is 2.45. The first-order valence-electron chi connectivity index (χ1n) is 6.26. The molecule has 3 heteroatoms. The quantitative estimate of drug-likeness (QED) is 0.888. The van der Waals surface area contributed by atoms with E-state index >= 15 is 0 Å². The molecule has 94 valence electrons. The SMILES string of the molecule is CC(N[C@@H](C)c1ccc(Cl)cc1)C1CCOC1. The van der Waals surface area contributed by atoms with Gasteiger partial charge in [0, 0.05) is 23.7 Å². The molecule has 2 unspecified atom stereocenters. The second-order valence-corrected chi connectivity index (χ2v) is 5.29. The van der Waals surface area contributed by atoms with Crippen molar-refractivity contribution in [2.75, 3.05) is 13.2 Å². The fourth-order valence-electron chi connectivity index (χ4n) is 2.33. The summed E-state index contributed by atoms with van der Waals surface area (Å²) in [6, 6.07) is 8.89. The summed E-state index contributed by atoms with van der Waals surface area (Å²) >= 11 is 5.89. The van der Waals surface area contributed by atoms with Crippen molar-refractivity contribution in [3.05, 3.63) is 34.9 Å². The molecule has 2 rings (SSSR count). The fraction of sp³-hybridized carbons (Fsp3) is 0.571. The van der Waals surface area contributed by atoms with Crippen molar-refractivity contribution in [2.45, 2.75) is 32.4 Å². The highest BCUT2D eigenvalue weighted by atomic mass is 35.5. The largest absolute Gasteiger partial charge is 0.381 e. The molecule has 1 aliphatic heterocycles. The molecule has 1 aromatic carbocycles. The van der Waals surface area contributed by atoms with Crippen LogP contribution in [0.4, 0.5) is 0 Å². The molecule has 3 atom stereocenters. The summed E-state index contributed by atoms with van der Waals surface area (Å²) in [6.07, 6.45) is 1.17. The van der Waals surface area contributed by atoms with E-state index in [1.807, 2.05) is 12.1 Å². The van der Waals surface area contributed by atoms with Gasteiger partial charge < -0.3 is 10.1 Å². The first-order chi connectivity index (χ1) is 8.16. The van der Waals surface area contributed by atoms with Crippen LogP contribution >= 0.6 is 11.6 Å². The number of halogens is 1. The summed E-state index contributed by atoms with van der Waals surface area (Å²) in [6.45, 7) is 6.23. The lowest BCUT2D eigenvalue weighted by molar-refractivity contribution is 0.177. The molecule has 0 radical (unpaired) electrons. The second kappa shape index (κ2) is 5.85. The summed E-state index contributed by atoms with van der Waals surface area (Å²) in [5, 5.41) is 4.42. The second-order valence-electron chi connectivity index (χ2n) is 4.85. The van der Waals surface area contributed by atoms with E-state index in [4.69, 9.17) is 16.3 Å². The van der Waals surface area contributed by atoms with Gasteiger partial charge in [-0.3, -0.25) is 0 Å². The Morgan fingerprint density at radius 3 is 2.59 bits per heavy atom. The Morgan fingerprint density at radius 2 is 2.00 bits per heavy atom. The number of hydrogen-bond donors (Lipinski definition) is 1. The molecule has 0 saturated carbocycles. The van der Waals surface area contributed by atoms with Gasteiger partial charge in [-0.05, 0) is 43.9 Å². The third-order valence-corrected chi connectivity index (χ3v) is 3.81. The first kappa shape index (κ1) is 12.9. The topological polar surface area (TPSA) is 21.3 Å². The normalized spacial score (nSPS) is 23.6. The zero-order chi connectivity index (χ0) is 12.3. The van der Waals surface area contributed by atoms with Crippen LogP contribution in [-0.2, 0) is 4.74 Å². The molecule has 1 heterocycles. The summed E-state index contributed by atoms with van der Waals surface area (Å²) in [4.78, 5) is 0. The third kappa shape index (κ3) is 3.44. The molecule has 0 aliphatic carbocycles. The van der Waals surface area contributed by atoms with Gasteiger partial charge in [0.15, 0.2) is 0 Å². The molecule has 1 saturated heterocycles. The molecule has 1 N–H and O–H groups in total. The average molecular weight is 254 g/mol. The Labute approximate surface area is 108 Å². The zero-order valence-electron chi connectivity index (χ0n) is 10.4. The van der Waals surface area contributed by atoms with Crippen LogP contribution in [0.2, 0.25) is 5.02 Å². The van der Waals surface area contributed by atoms with Crippen LogP contribution in [0.25, 0.3) is 0 Å². The highest BCUT2D eigenvalue weighted by molar-refractivity contribution is 6.30. The maximum atomic E-state index is 5.89. The van der Waals surface area contributed by atoms with Crippen molar-refractivity contribution in [3.8, 4) is 0 Å². The molecule has 2 nitrogen and oxygen atoms in total. The lowest BCUT2D eigenvalue weighted by atomic mass is 9.98. The molecule has 0 aromatic heterocycles. The molecule has 0 amide bonds. The number of hydrogen-bond acceptors (Lipinski definition) is 2. The molecule has 1 aromatic rings. The summed E-state index contributed by atoms with van der Waals surface area (Å²) in [5.41, 5.74) is 1.28. The van der Waals surface area contributed by atoms with Gasteiger partial charge in [-0.1, -0.05) is 23.7 Å². The van der Waals surface area contributed by atoms with Crippen LogP contribution in [0.5, 0.6) is 0 Å². The minimum atomic E-state index is 0.350. The molecule has 1 fully saturated rings. The lowest BCUT2D eigenvalue weighted by Crippen LogP contribution is -2.35. The Balaban J connectivity index is 1.91. The van der Waals surface area contributed by atoms with Gasteiger partial charge in [0.05, 0.1) is 6.61 Å². The van der Waals surface area contributed by atoms with Crippen molar-refractivity contribution in [2.24, 2.45) is 5.92 Å². The molecule has 1 aliphatic rings. The molecule has 0 spiro atoms. The highest BCUT2D eigenvalue weighted by Gasteiger charge is 2.23. The standard InChI is InChI=1S/C14H20ClNO/c1-10(12-3-5-14(15)6-4-12)16-11(2)13-7-8-17-9-13/h3-6,10-11,13,16H,7-9H2,1-2H3/t10-,11?,13?/m0/s1. The van der Waals surface area contributed by atoms with Crippen LogP contribution in [0, 0.1) is 5.92 Å². The van der Waals surface area contributed by atoms with E-state index in [0.717, 1.165) is 18.2 Å². The van der Waals surface area contributed by atoms with Crippen molar-refractivity contribution in [1.29, 1.82) is 0 Å². The van der Waals surface area contributed by atoms with E-state index in [0.29, 0.717) is 18.0 Å². The Bertz CT molecular complexity index is 346. The maximum Gasteiger partial charge on any atom is 0.0509 e. The van der Waals surface area contributed by atoms with Crippen LogP contribution in [-0.4, -0.2) is 19.3 Å². The van der Waals surface area contributed by atoms with Gasteiger partial charge >= 0.3 is 0 Å². The van der Waals surface area contributed by atoms with E-state index in [-0.39, 0.29) is 0 Å². The van der Waals surface area contributed by atoms with Gasteiger partial charge in [-0.15, -0.1) is 0 Å². The van der Waals surface area contributed by atoms with Gasteiger partial charge in [-0.25, -0.2) is 0 Å². The number of ether oxygens (including phenoxy) is 1. The lowest BCUT2D eigenvalue weighted by Gasteiger charge is -2.24. The van der Waals surface area contributed by atoms with Crippen LogP contribution < -0.4 is 5.32 Å². The van der Waals surface area contributed by atoms with Crippen LogP contribution in [0.15, 0.2) is 24.3 Å². The van der Waals surface area contributed by atoms with E-state index in [1.165, 1.54) is 12.0 Å². The number of nitrogens with one attached hydrogen (secondary N) is 1. The van der Waals surface area contributed by atoms with Gasteiger partial charge in [0.2, 0.25) is 0 Å². The third-order valence-electron chi connectivity index (χ3n) is 3.55. The Morgan fingerprint density at radius 1 is 1.29 bits per heavy atom. The smallest absolute Gasteiger partial charge is 0.0509 e. The molecule has 0 bridgehead atoms. The van der Waals surface area contributed by atoms with Crippen molar-refractivity contribution >= 4 is 11.6 Å². The average Bonchev–Trinajstić information content (AvgIpc) is 2.83. The van der Waals surface area contributed by atoms with Gasteiger partial charge in [0.25, 0.3) is 0 Å². The van der Waals surface area contributed by atoms with Crippen molar-refractivity contribution < 1.29 is 4.74 Å². The predicted molar refractivity (Wildman–Crippen MR) is 71.4 cm³/mol. The first-order valence-corrected chi connectivity index (χ1v) is 6.64. The van der Waals surface area contributed by atoms with Crippen molar-refractivity contribution in [3.63, 3.8) is 0 Å². The van der Waals surface area contributed by atoms with Crippen molar-refractivity contribution in [1.82, 2.24) is 5.32 Å².